The summed E-state index contributed by atoms with van der Waals surface area (Å²) in [4.78, 5) is 0. The Hall–Kier alpha value is -1.04. The number of aryl methyl sites for hydroxylation is 1. The third-order valence-corrected chi connectivity index (χ3v) is 5.35. The van der Waals surface area contributed by atoms with Crippen molar-refractivity contribution in [3.63, 3.8) is 0 Å². The summed E-state index contributed by atoms with van der Waals surface area (Å²) < 4.78 is 32.8. The highest BCUT2D eigenvalue weighted by Gasteiger charge is 2.42. The fraction of sp³-hybridized carbons (Fsp3) is 0.385. The van der Waals surface area contributed by atoms with E-state index in [0.29, 0.717) is 16.2 Å². The minimum Gasteiger partial charge on any atom is -0.443 e. The second-order valence-electron chi connectivity index (χ2n) is 5.32. The summed E-state index contributed by atoms with van der Waals surface area (Å²) in [5, 5.41) is 1.27. The van der Waals surface area contributed by atoms with E-state index in [1.54, 1.807) is 25.1 Å². The minimum atomic E-state index is -3.62. The summed E-state index contributed by atoms with van der Waals surface area (Å²) in [6.07, 6.45) is 1.72. The van der Waals surface area contributed by atoms with Gasteiger partial charge < -0.3 is 4.42 Å². The summed E-state index contributed by atoms with van der Waals surface area (Å²) >= 11 is 5.92. The van der Waals surface area contributed by atoms with Crippen molar-refractivity contribution in [3.05, 3.63) is 28.8 Å². The molecule has 1 aliphatic rings. The molecular formula is C13H14ClNO3S. The molecule has 0 spiro atoms. The fourth-order valence-electron chi connectivity index (χ4n) is 2.09. The Morgan fingerprint density at radius 1 is 1.37 bits per heavy atom. The van der Waals surface area contributed by atoms with E-state index in [2.05, 4.69) is 4.72 Å². The minimum absolute atomic E-state index is 0.0158. The molecule has 1 fully saturated rings. The predicted octanol–water partition coefficient (Wildman–Crippen LogP) is 3.23. The summed E-state index contributed by atoms with van der Waals surface area (Å²) in [6.45, 7) is 3.62. The number of sulfonamides is 1. The van der Waals surface area contributed by atoms with Crippen molar-refractivity contribution >= 4 is 32.6 Å². The van der Waals surface area contributed by atoms with Crippen molar-refractivity contribution in [1.82, 2.24) is 4.72 Å². The standard InChI is InChI=1S/C13H14ClNO3S/c1-8-10-7-9(14)3-4-11(10)18-12(8)19(16,17)15-13(2)5-6-13/h3-4,7,15H,5-6H2,1-2H3. The molecule has 0 aliphatic heterocycles. The lowest BCUT2D eigenvalue weighted by atomic mass is 10.2. The zero-order valence-corrected chi connectivity index (χ0v) is 12.2. The van der Waals surface area contributed by atoms with Crippen molar-refractivity contribution in [2.45, 2.75) is 37.3 Å². The molecule has 0 atom stereocenters. The van der Waals surface area contributed by atoms with E-state index in [1.165, 1.54) is 0 Å². The molecule has 6 heteroatoms. The molecule has 0 amide bonds. The molecule has 1 saturated carbocycles. The highest BCUT2D eigenvalue weighted by atomic mass is 35.5. The normalized spacial score (nSPS) is 17.8. The highest BCUT2D eigenvalue weighted by molar-refractivity contribution is 7.89. The van der Waals surface area contributed by atoms with Crippen molar-refractivity contribution < 1.29 is 12.8 Å². The number of fused-ring (bicyclic) bond motifs is 1. The van der Waals surface area contributed by atoms with E-state index < -0.39 is 10.0 Å². The lowest BCUT2D eigenvalue weighted by molar-refractivity contribution is 0.465. The summed E-state index contributed by atoms with van der Waals surface area (Å²) in [7, 11) is -3.62. The molecule has 0 unspecified atom stereocenters. The zero-order valence-electron chi connectivity index (χ0n) is 10.7. The van der Waals surface area contributed by atoms with Crippen LogP contribution in [0.2, 0.25) is 5.02 Å². The van der Waals surface area contributed by atoms with Gasteiger partial charge in [0.1, 0.15) is 5.58 Å². The van der Waals surface area contributed by atoms with E-state index in [9.17, 15) is 8.42 Å². The van der Waals surface area contributed by atoms with Crippen molar-refractivity contribution in [2.24, 2.45) is 0 Å². The number of benzene rings is 1. The maximum Gasteiger partial charge on any atom is 0.274 e. The van der Waals surface area contributed by atoms with Crippen LogP contribution in [0, 0.1) is 6.92 Å². The maximum absolute atomic E-state index is 12.3. The number of rotatable bonds is 3. The van der Waals surface area contributed by atoms with Crippen LogP contribution in [0.3, 0.4) is 0 Å². The number of hydrogen-bond donors (Lipinski definition) is 1. The van der Waals surface area contributed by atoms with Crippen LogP contribution in [0.4, 0.5) is 0 Å². The lowest BCUT2D eigenvalue weighted by Crippen LogP contribution is -2.34. The van der Waals surface area contributed by atoms with Gasteiger partial charge in [0.15, 0.2) is 0 Å². The van der Waals surface area contributed by atoms with Gasteiger partial charge in [-0.3, -0.25) is 0 Å². The van der Waals surface area contributed by atoms with E-state index in [0.717, 1.165) is 18.2 Å². The van der Waals surface area contributed by atoms with E-state index >= 15 is 0 Å². The molecule has 19 heavy (non-hydrogen) atoms. The molecular weight excluding hydrogens is 286 g/mol. The van der Waals surface area contributed by atoms with E-state index in [4.69, 9.17) is 16.0 Å². The first-order valence-corrected chi connectivity index (χ1v) is 7.90. The fourth-order valence-corrected chi connectivity index (χ4v) is 3.92. The van der Waals surface area contributed by atoms with Gasteiger partial charge in [-0.25, -0.2) is 13.1 Å². The Balaban J connectivity index is 2.12. The van der Waals surface area contributed by atoms with Gasteiger partial charge in [-0.15, -0.1) is 0 Å². The lowest BCUT2D eigenvalue weighted by Gasteiger charge is -2.10. The van der Waals surface area contributed by atoms with Gasteiger partial charge in [-0.05, 0) is 44.9 Å². The van der Waals surface area contributed by atoms with Gasteiger partial charge in [-0.1, -0.05) is 11.6 Å². The molecule has 1 aromatic carbocycles. The van der Waals surface area contributed by atoms with Gasteiger partial charge in [-0.2, -0.15) is 0 Å². The zero-order chi connectivity index (χ0) is 13.8. The molecule has 4 nitrogen and oxygen atoms in total. The maximum atomic E-state index is 12.3. The third kappa shape index (κ3) is 2.26. The Kier molecular flexibility index (Phi) is 2.71. The van der Waals surface area contributed by atoms with Gasteiger partial charge in [0.05, 0.1) is 0 Å². The van der Waals surface area contributed by atoms with Crippen molar-refractivity contribution in [2.75, 3.05) is 0 Å². The second kappa shape index (κ2) is 3.98. The van der Waals surface area contributed by atoms with Crippen molar-refractivity contribution in [1.29, 1.82) is 0 Å². The van der Waals surface area contributed by atoms with Crippen LogP contribution in [0.1, 0.15) is 25.3 Å². The average molecular weight is 300 g/mol. The van der Waals surface area contributed by atoms with E-state index in [-0.39, 0.29) is 10.6 Å². The van der Waals surface area contributed by atoms with Crippen LogP contribution in [0.15, 0.2) is 27.7 Å². The number of halogens is 1. The third-order valence-electron chi connectivity index (χ3n) is 3.48. The van der Waals surface area contributed by atoms with Crippen LogP contribution in [-0.2, 0) is 10.0 Å². The first-order chi connectivity index (χ1) is 8.81. The highest BCUT2D eigenvalue weighted by Crippen LogP contribution is 2.37. The largest absolute Gasteiger partial charge is 0.443 e. The SMILES string of the molecule is Cc1c(S(=O)(=O)NC2(C)CC2)oc2ccc(Cl)cc12. The quantitative estimate of drug-likeness (QED) is 0.946. The summed E-state index contributed by atoms with van der Waals surface area (Å²) in [5.74, 6) is 0. The molecule has 1 aromatic heterocycles. The molecule has 102 valence electrons. The second-order valence-corrected chi connectivity index (χ2v) is 7.34. The average Bonchev–Trinajstić information content (AvgIpc) is 2.92. The number of furan rings is 1. The molecule has 1 N–H and O–H groups in total. The van der Waals surface area contributed by atoms with Gasteiger partial charge in [0.2, 0.25) is 5.09 Å². The molecule has 1 aliphatic carbocycles. The van der Waals surface area contributed by atoms with Gasteiger partial charge >= 0.3 is 0 Å². The smallest absolute Gasteiger partial charge is 0.274 e. The topological polar surface area (TPSA) is 59.3 Å². The Labute approximate surface area is 116 Å². The predicted molar refractivity (Wildman–Crippen MR) is 73.9 cm³/mol. The Morgan fingerprint density at radius 2 is 2.05 bits per heavy atom. The van der Waals surface area contributed by atoms with Crippen LogP contribution >= 0.6 is 11.6 Å². The van der Waals surface area contributed by atoms with E-state index in [1.807, 2.05) is 6.92 Å². The van der Waals surface area contributed by atoms with Crippen LogP contribution in [0.5, 0.6) is 0 Å². The molecule has 0 saturated heterocycles. The Morgan fingerprint density at radius 3 is 2.68 bits per heavy atom. The van der Waals surface area contributed by atoms with Crippen LogP contribution < -0.4 is 4.72 Å². The van der Waals surface area contributed by atoms with Crippen molar-refractivity contribution in [3.8, 4) is 0 Å². The van der Waals surface area contributed by atoms with Crippen LogP contribution in [-0.4, -0.2) is 14.0 Å². The van der Waals surface area contributed by atoms with Gasteiger partial charge in [0, 0.05) is 21.5 Å². The molecule has 1 heterocycles. The first kappa shape index (κ1) is 13.0. The molecule has 0 radical (unpaired) electrons. The summed E-state index contributed by atoms with van der Waals surface area (Å²) in [5.41, 5.74) is 0.805. The monoisotopic (exact) mass is 299 g/mol. The number of hydrogen-bond acceptors (Lipinski definition) is 3. The summed E-state index contributed by atoms with van der Waals surface area (Å²) in [6, 6.07) is 5.08. The molecule has 0 bridgehead atoms. The first-order valence-electron chi connectivity index (χ1n) is 6.03. The van der Waals surface area contributed by atoms with Gasteiger partial charge in [0.25, 0.3) is 10.0 Å². The van der Waals surface area contributed by atoms with Crippen LogP contribution in [0.25, 0.3) is 11.0 Å². The number of nitrogens with one attached hydrogen (secondary N) is 1. The Bertz CT molecular complexity index is 760. The molecule has 3 rings (SSSR count). The molecule has 2 aromatic rings.